The summed E-state index contributed by atoms with van der Waals surface area (Å²) in [5, 5.41) is 1.50. The van der Waals surface area contributed by atoms with Gasteiger partial charge in [0, 0.05) is 26.3 Å². The molecular formula is C22H17ClO5S. The number of esters is 1. The van der Waals surface area contributed by atoms with Gasteiger partial charge in [-0.15, -0.1) is 0 Å². The molecule has 29 heavy (non-hydrogen) atoms. The Morgan fingerprint density at radius 3 is 2.38 bits per heavy atom. The van der Waals surface area contributed by atoms with Crippen LogP contribution in [-0.4, -0.2) is 19.2 Å². The van der Waals surface area contributed by atoms with Crippen LogP contribution in [0, 0.1) is 0 Å². The number of hydrogen-bond acceptors (Lipinski definition) is 6. The molecule has 5 nitrogen and oxygen atoms in total. The van der Waals surface area contributed by atoms with Crippen molar-refractivity contribution in [3.05, 3.63) is 71.8 Å². The van der Waals surface area contributed by atoms with Gasteiger partial charge >= 0.3 is 12.1 Å². The van der Waals surface area contributed by atoms with Gasteiger partial charge in [-0.2, -0.15) is 0 Å². The Kier molecular flexibility index (Phi) is 6.46. The maximum absolute atomic E-state index is 12.3. The molecule has 148 valence electrons. The predicted octanol–water partition coefficient (Wildman–Crippen LogP) is 6.27. The summed E-state index contributed by atoms with van der Waals surface area (Å²) in [6.45, 7) is 5.21. The van der Waals surface area contributed by atoms with Crippen molar-refractivity contribution in [2.75, 3.05) is 7.11 Å². The molecular weight excluding hydrogens is 412 g/mol. The molecule has 0 aliphatic rings. The Balaban J connectivity index is 2.23. The van der Waals surface area contributed by atoms with E-state index >= 15 is 0 Å². The lowest BCUT2D eigenvalue weighted by molar-refractivity contribution is -0.130. The molecule has 0 unspecified atom stereocenters. The molecule has 0 heterocycles. The Morgan fingerprint density at radius 2 is 1.72 bits per heavy atom. The number of carbonyl (C=O) groups excluding carboxylic acids is 2. The van der Waals surface area contributed by atoms with Crippen molar-refractivity contribution in [3.63, 3.8) is 0 Å². The maximum atomic E-state index is 12.3. The lowest BCUT2D eigenvalue weighted by Crippen LogP contribution is -2.11. The van der Waals surface area contributed by atoms with Gasteiger partial charge in [0.05, 0.1) is 12.0 Å². The van der Waals surface area contributed by atoms with Gasteiger partial charge in [0.25, 0.3) is 0 Å². The molecule has 0 saturated heterocycles. The first-order chi connectivity index (χ1) is 13.9. The number of hydrogen-bond donors (Lipinski definition) is 0. The minimum atomic E-state index is -0.867. The predicted molar refractivity (Wildman–Crippen MR) is 113 cm³/mol. The van der Waals surface area contributed by atoms with E-state index in [1.165, 1.54) is 18.9 Å². The molecule has 0 fully saturated rings. The van der Waals surface area contributed by atoms with Crippen molar-refractivity contribution >= 4 is 46.3 Å². The van der Waals surface area contributed by atoms with Crippen molar-refractivity contribution in [3.8, 4) is 11.5 Å². The molecule has 3 aromatic rings. The second-order valence-corrected chi connectivity index (χ2v) is 7.58. The van der Waals surface area contributed by atoms with Gasteiger partial charge in [-0.3, -0.25) is 0 Å². The third-order valence-corrected chi connectivity index (χ3v) is 5.12. The third kappa shape index (κ3) is 4.91. The van der Waals surface area contributed by atoms with E-state index < -0.39 is 12.1 Å². The van der Waals surface area contributed by atoms with Gasteiger partial charge in [0.1, 0.15) is 5.75 Å². The first-order valence-electron chi connectivity index (χ1n) is 8.51. The standard InChI is InChI=1S/C22H17ClO5S/c1-13(2)21(24)28-20-16-10-9-14(23)11-17(16)18(27-22(25)26-3)12-19(20)29-15-7-5-4-6-8-15/h4-12H,1H2,2-3H3. The largest absolute Gasteiger partial charge is 0.513 e. The first-order valence-corrected chi connectivity index (χ1v) is 9.71. The lowest BCUT2D eigenvalue weighted by atomic mass is 10.1. The second kappa shape index (κ2) is 9.03. The molecule has 0 aliphatic carbocycles. The summed E-state index contributed by atoms with van der Waals surface area (Å²) in [4.78, 5) is 25.5. The zero-order valence-electron chi connectivity index (χ0n) is 15.7. The molecule has 0 amide bonds. The molecule has 0 bridgehead atoms. The summed E-state index contributed by atoms with van der Waals surface area (Å²) in [5.41, 5.74) is 0.262. The van der Waals surface area contributed by atoms with Crippen LogP contribution in [0.4, 0.5) is 4.79 Å². The van der Waals surface area contributed by atoms with E-state index in [9.17, 15) is 9.59 Å². The van der Waals surface area contributed by atoms with Crippen molar-refractivity contribution in [2.24, 2.45) is 0 Å². The molecule has 0 radical (unpaired) electrons. The lowest BCUT2D eigenvalue weighted by Gasteiger charge is -2.16. The van der Waals surface area contributed by atoms with Crippen LogP contribution in [0.15, 0.2) is 76.5 Å². The van der Waals surface area contributed by atoms with Gasteiger partial charge < -0.3 is 14.2 Å². The number of carbonyl (C=O) groups is 2. The molecule has 3 aromatic carbocycles. The number of benzene rings is 3. The number of methoxy groups -OCH3 is 1. The minimum absolute atomic E-state index is 0.239. The highest BCUT2D eigenvalue weighted by Gasteiger charge is 2.20. The van der Waals surface area contributed by atoms with Crippen LogP contribution in [0.1, 0.15) is 6.92 Å². The second-order valence-electron chi connectivity index (χ2n) is 6.03. The van der Waals surface area contributed by atoms with E-state index in [0.29, 0.717) is 26.4 Å². The SMILES string of the molecule is C=C(C)C(=O)Oc1c(Sc2ccccc2)cc(OC(=O)OC)c2cc(Cl)ccc12. The fourth-order valence-corrected chi connectivity index (χ4v) is 3.64. The van der Waals surface area contributed by atoms with Crippen molar-refractivity contribution in [1.29, 1.82) is 0 Å². The Morgan fingerprint density at radius 1 is 1.00 bits per heavy atom. The van der Waals surface area contributed by atoms with Crippen LogP contribution in [-0.2, 0) is 9.53 Å². The van der Waals surface area contributed by atoms with E-state index in [-0.39, 0.29) is 11.3 Å². The number of halogens is 1. The molecule has 3 rings (SSSR count). The monoisotopic (exact) mass is 428 g/mol. The molecule has 0 aromatic heterocycles. The smallest absolute Gasteiger partial charge is 0.437 e. The van der Waals surface area contributed by atoms with Gasteiger partial charge in [-0.25, -0.2) is 9.59 Å². The van der Waals surface area contributed by atoms with Crippen LogP contribution in [0.3, 0.4) is 0 Å². The highest BCUT2D eigenvalue weighted by atomic mass is 35.5. The van der Waals surface area contributed by atoms with Crippen molar-refractivity contribution < 1.29 is 23.8 Å². The highest BCUT2D eigenvalue weighted by molar-refractivity contribution is 7.99. The van der Waals surface area contributed by atoms with Crippen molar-refractivity contribution in [1.82, 2.24) is 0 Å². The van der Waals surface area contributed by atoms with Crippen LogP contribution >= 0.6 is 23.4 Å². The molecule has 0 saturated carbocycles. The van der Waals surface area contributed by atoms with Crippen molar-refractivity contribution in [2.45, 2.75) is 16.7 Å². The van der Waals surface area contributed by atoms with Gasteiger partial charge in [-0.1, -0.05) is 48.1 Å². The number of ether oxygens (including phenoxy) is 3. The normalized spacial score (nSPS) is 10.4. The summed E-state index contributed by atoms with van der Waals surface area (Å²) in [6.07, 6.45) is -0.867. The number of fused-ring (bicyclic) bond motifs is 1. The summed E-state index contributed by atoms with van der Waals surface area (Å²) in [7, 11) is 1.22. The zero-order chi connectivity index (χ0) is 21.0. The van der Waals surface area contributed by atoms with Gasteiger partial charge in [-0.05, 0) is 43.3 Å². The summed E-state index contributed by atoms with van der Waals surface area (Å²) >= 11 is 7.50. The summed E-state index contributed by atoms with van der Waals surface area (Å²) in [5.74, 6) is 0.0106. The fraction of sp³-hybridized carbons (Fsp3) is 0.0909. The molecule has 0 spiro atoms. The zero-order valence-corrected chi connectivity index (χ0v) is 17.3. The Labute approximate surface area is 177 Å². The van der Waals surface area contributed by atoms with E-state index in [0.717, 1.165) is 4.90 Å². The summed E-state index contributed by atoms with van der Waals surface area (Å²) in [6, 6.07) is 16.2. The van der Waals surface area contributed by atoms with Crippen LogP contribution < -0.4 is 9.47 Å². The van der Waals surface area contributed by atoms with E-state index in [1.807, 2.05) is 30.3 Å². The quantitative estimate of drug-likeness (QED) is 0.206. The van der Waals surface area contributed by atoms with Gasteiger partial charge in [0.2, 0.25) is 0 Å². The minimum Gasteiger partial charge on any atom is -0.437 e. The third-order valence-electron chi connectivity index (χ3n) is 3.85. The average Bonchev–Trinajstić information content (AvgIpc) is 2.71. The van der Waals surface area contributed by atoms with Gasteiger partial charge in [0.15, 0.2) is 5.75 Å². The highest BCUT2D eigenvalue weighted by Crippen LogP contribution is 2.45. The molecule has 0 N–H and O–H groups in total. The topological polar surface area (TPSA) is 61.8 Å². The van der Waals surface area contributed by atoms with Crippen LogP contribution in [0.5, 0.6) is 11.5 Å². The molecule has 0 aliphatic heterocycles. The average molecular weight is 429 g/mol. The summed E-state index contributed by atoms with van der Waals surface area (Å²) < 4.78 is 15.6. The van der Waals surface area contributed by atoms with Crippen LogP contribution in [0.25, 0.3) is 10.8 Å². The van der Waals surface area contributed by atoms with E-state index in [4.69, 9.17) is 21.1 Å². The Bertz CT molecular complexity index is 1100. The first kappa shape index (κ1) is 20.8. The molecule has 0 atom stereocenters. The van der Waals surface area contributed by atoms with Crippen LogP contribution in [0.2, 0.25) is 5.02 Å². The fourth-order valence-electron chi connectivity index (χ4n) is 2.51. The number of rotatable bonds is 5. The Hall–Kier alpha value is -2.96. The van der Waals surface area contributed by atoms with E-state index in [1.54, 1.807) is 31.2 Å². The van der Waals surface area contributed by atoms with E-state index in [2.05, 4.69) is 11.3 Å². The maximum Gasteiger partial charge on any atom is 0.513 e. The molecule has 7 heteroatoms.